The standard InChI is InChI=1S/C10H19NO2/c1-2-10(5-3-4-6-10)9(13)11-7-8-12/h12H,2-8H2,1H3,(H,11,13). The highest BCUT2D eigenvalue weighted by molar-refractivity contribution is 5.82. The van der Waals surface area contributed by atoms with Gasteiger partial charge in [0.25, 0.3) is 0 Å². The number of amides is 1. The van der Waals surface area contributed by atoms with Crippen molar-refractivity contribution in [2.24, 2.45) is 5.41 Å². The van der Waals surface area contributed by atoms with Crippen molar-refractivity contribution in [3.05, 3.63) is 0 Å². The molecular formula is C10H19NO2. The van der Waals surface area contributed by atoms with E-state index in [4.69, 9.17) is 5.11 Å². The van der Waals surface area contributed by atoms with E-state index in [1.807, 2.05) is 0 Å². The summed E-state index contributed by atoms with van der Waals surface area (Å²) in [4.78, 5) is 11.7. The Morgan fingerprint density at radius 2 is 2.08 bits per heavy atom. The normalized spacial score (nSPS) is 20.2. The molecule has 3 heteroatoms. The number of carbonyl (C=O) groups is 1. The number of carbonyl (C=O) groups excluding carboxylic acids is 1. The Labute approximate surface area is 79.5 Å². The van der Waals surface area contributed by atoms with Gasteiger partial charge in [-0.1, -0.05) is 19.8 Å². The second-order valence-corrected chi connectivity index (χ2v) is 3.82. The molecule has 2 N–H and O–H groups in total. The van der Waals surface area contributed by atoms with Crippen LogP contribution >= 0.6 is 0 Å². The molecular weight excluding hydrogens is 166 g/mol. The SMILES string of the molecule is CCC1(C(=O)NCCO)CCCC1. The Kier molecular flexibility index (Phi) is 3.72. The topological polar surface area (TPSA) is 49.3 Å². The van der Waals surface area contributed by atoms with Gasteiger partial charge in [0.2, 0.25) is 5.91 Å². The third-order valence-electron chi connectivity index (χ3n) is 3.12. The molecule has 0 atom stereocenters. The summed E-state index contributed by atoms with van der Waals surface area (Å²) >= 11 is 0. The van der Waals surface area contributed by atoms with Crippen LogP contribution in [0.3, 0.4) is 0 Å². The fourth-order valence-electron chi connectivity index (χ4n) is 2.15. The minimum absolute atomic E-state index is 0.0333. The Hall–Kier alpha value is -0.570. The molecule has 0 heterocycles. The fraction of sp³-hybridized carbons (Fsp3) is 0.900. The molecule has 1 aliphatic carbocycles. The summed E-state index contributed by atoms with van der Waals surface area (Å²) in [6, 6.07) is 0. The van der Waals surface area contributed by atoms with Crippen LogP contribution in [-0.2, 0) is 4.79 Å². The molecule has 0 spiro atoms. The summed E-state index contributed by atoms with van der Waals surface area (Å²) in [6.07, 6.45) is 5.28. The average molecular weight is 185 g/mol. The van der Waals surface area contributed by atoms with Gasteiger partial charge in [0.15, 0.2) is 0 Å². The van der Waals surface area contributed by atoms with Gasteiger partial charge in [-0.2, -0.15) is 0 Å². The molecule has 0 aromatic rings. The summed E-state index contributed by atoms with van der Waals surface area (Å²) in [6.45, 7) is 2.50. The van der Waals surface area contributed by atoms with Crippen molar-refractivity contribution < 1.29 is 9.90 Å². The molecule has 1 aliphatic rings. The van der Waals surface area contributed by atoms with E-state index in [0.717, 1.165) is 19.3 Å². The third kappa shape index (κ3) is 2.21. The Bertz CT molecular complexity index is 174. The molecule has 13 heavy (non-hydrogen) atoms. The minimum Gasteiger partial charge on any atom is -0.395 e. The number of nitrogens with one attached hydrogen (secondary N) is 1. The maximum absolute atomic E-state index is 11.7. The third-order valence-corrected chi connectivity index (χ3v) is 3.12. The molecule has 3 nitrogen and oxygen atoms in total. The summed E-state index contributed by atoms with van der Waals surface area (Å²) in [5.41, 5.74) is -0.116. The number of hydrogen-bond acceptors (Lipinski definition) is 2. The van der Waals surface area contributed by atoms with Crippen LogP contribution in [0.4, 0.5) is 0 Å². The first kappa shape index (κ1) is 10.5. The summed E-state index contributed by atoms with van der Waals surface area (Å²) in [5.74, 6) is 0.140. The number of rotatable bonds is 4. The van der Waals surface area contributed by atoms with Gasteiger partial charge in [-0.05, 0) is 19.3 Å². The molecule has 0 unspecified atom stereocenters. The molecule has 1 amide bonds. The molecule has 0 aliphatic heterocycles. The van der Waals surface area contributed by atoms with Crippen LogP contribution in [-0.4, -0.2) is 24.2 Å². The lowest BCUT2D eigenvalue weighted by atomic mass is 9.82. The van der Waals surface area contributed by atoms with Gasteiger partial charge in [0.1, 0.15) is 0 Å². The van der Waals surface area contributed by atoms with Crippen molar-refractivity contribution >= 4 is 5.91 Å². The van der Waals surface area contributed by atoms with Gasteiger partial charge < -0.3 is 10.4 Å². The van der Waals surface area contributed by atoms with Crippen molar-refractivity contribution in [1.29, 1.82) is 0 Å². The molecule has 0 saturated heterocycles. The first-order chi connectivity index (χ1) is 6.25. The lowest BCUT2D eigenvalue weighted by molar-refractivity contribution is -0.131. The van der Waals surface area contributed by atoms with Gasteiger partial charge in [0.05, 0.1) is 6.61 Å². The van der Waals surface area contributed by atoms with Crippen LogP contribution in [0.25, 0.3) is 0 Å². The van der Waals surface area contributed by atoms with Crippen molar-refractivity contribution in [2.45, 2.75) is 39.0 Å². The summed E-state index contributed by atoms with van der Waals surface area (Å²) < 4.78 is 0. The van der Waals surface area contributed by atoms with Gasteiger partial charge >= 0.3 is 0 Å². The van der Waals surface area contributed by atoms with E-state index in [1.165, 1.54) is 12.8 Å². The van der Waals surface area contributed by atoms with Crippen LogP contribution in [0.1, 0.15) is 39.0 Å². The highest BCUT2D eigenvalue weighted by atomic mass is 16.3. The fourth-order valence-corrected chi connectivity index (χ4v) is 2.15. The van der Waals surface area contributed by atoms with Crippen LogP contribution in [0, 0.1) is 5.41 Å². The lowest BCUT2D eigenvalue weighted by Gasteiger charge is -2.25. The zero-order valence-electron chi connectivity index (χ0n) is 8.31. The second-order valence-electron chi connectivity index (χ2n) is 3.82. The summed E-state index contributed by atoms with van der Waals surface area (Å²) in [7, 11) is 0. The molecule has 76 valence electrons. The maximum atomic E-state index is 11.7. The summed E-state index contributed by atoms with van der Waals surface area (Å²) in [5, 5.41) is 11.4. The Balaban J connectivity index is 2.49. The smallest absolute Gasteiger partial charge is 0.226 e. The van der Waals surface area contributed by atoms with E-state index in [9.17, 15) is 4.79 Å². The van der Waals surface area contributed by atoms with E-state index in [1.54, 1.807) is 0 Å². The van der Waals surface area contributed by atoms with Crippen molar-refractivity contribution in [3.8, 4) is 0 Å². The number of aliphatic hydroxyl groups is 1. The van der Waals surface area contributed by atoms with Gasteiger partial charge in [0, 0.05) is 12.0 Å². The first-order valence-electron chi connectivity index (χ1n) is 5.14. The number of hydrogen-bond donors (Lipinski definition) is 2. The maximum Gasteiger partial charge on any atom is 0.226 e. The van der Waals surface area contributed by atoms with Gasteiger partial charge in [-0.15, -0.1) is 0 Å². The van der Waals surface area contributed by atoms with E-state index in [0.29, 0.717) is 6.54 Å². The lowest BCUT2D eigenvalue weighted by Crippen LogP contribution is -2.40. The van der Waals surface area contributed by atoms with Crippen LogP contribution in [0.15, 0.2) is 0 Å². The van der Waals surface area contributed by atoms with Crippen LogP contribution in [0.2, 0.25) is 0 Å². The second kappa shape index (κ2) is 4.61. The highest BCUT2D eigenvalue weighted by Gasteiger charge is 2.38. The predicted molar refractivity (Wildman–Crippen MR) is 51.3 cm³/mol. The first-order valence-corrected chi connectivity index (χ1v) is 5.14. The molecule has 1 rings (SSSR count). The molecule has 0 bridgehead atoms. The van der Waals surface area contributed by atoms with Crippen molar-refractivity contribution in [2.75, 3.05) is 13.2 Å². The number of aliphatic hydroxyl groups excluding tert-OH is 1. The zero-order valence-corrected chi connectivity index (χ0v) is 8.31. The highest BCUT2D eigenvalue weighted by Crippen LogP contribution is 2.40. The quantitative estimate of drug-likeness (QED) is 0.688. The average Bonchev–Trinajstić information content (AvgIpc) is 2.63. The van der Waals surface area contributed by atoms with E-state index < -0.39 is 0 Å². The minimum atomic E-state index is -0.116. The van der Waals surface area contributed by atoms with E-state index >= 15 is 0 Å². The molecule has 1 fully saturated rings. The van der Waals surface area contributed by atoms with Crippen LogP contribution < -0.4 is 5.32 Å². The van der Waals surface area contributed by atoms with Gasteiger partial charge in [-0.3, -0.25) is 4.79 Å². The van der Waals surface area contributed by atoms with Gasteiger partial charge in [-0.25, -0.2) is 0 Å². The largest absolute Gasteiger partial charge is 0.395 e. The monoisotopic (exact) mass is 185 g/mol. The molecule has 0 aromatic carbocycles. The molecule has 0 radical (unpaired) electrons. The van der Waals surface area contributed by atoms with Crippen LogP contribution in [0.5, 0.6) is 0 Å². The molecule has 1 saturated carbocycles. The Morgan fingerprint density at radius 1 is 1.46 bits per heavy atom. The molecule has 0 aromatic heterocycles. The Morgan fingerprint density at radius 3 is 2.54 bits per heavy atom. The van der Waals surface area contributed by atoms with Crippen molar-refractivity contribution in [3.63, 3.8) is 0 Å². The van der Waals surface area contributed by atoms with E-state index in [-0.39, 0.29) is 17.9 Å². The predicted octanol–water partition coefficient (Wildman–Crippen LogP) is 1.07. The zero-order chi connectivity index (χ0) is 9.73. The van der Waals surface area contributed by atoms with E-state index in [2.05, 4.69) is 12.2 Å². The van der Waals surface area contributed by atoms with Crippen molar-refractivity contribution in [1.82, 2.24) is 5.32 Å².